The molecular weight excluding hydrogens is 328 g/mol. The molecule has 0 aliphatic carbocycles. The highest BCUT2D eigenvalue weighted by atomic mass is 32.1. The van der Waals surface area contributed by atoms with Gasteiger partial charge in [0.25, 0.3) is 5.91 Å². The van der Waals surface area contributed by atoms with Crippen molar-refractivity contribution >= 4 is 28.4 Å². The van der Waals surface area contributed by atoms with Crippen LogP contribution >= 0.6 is 11.3 Å². The van der Waals surface area contributed by atoms with Crippen LogP contribution in [-0.2, 0) is 0 Å². The lowest BCUT2D eigenvalue weighted by atomic mass is 10.2. The highest BCUT2D eigenvalue weighted by molar-refractivity contribution is 7.15. The number of hydrogen-bond donors (Lipinski definition) is 1. The summed E-state index contributed by atoms with van der Waals surface area (Å²) in [4.78, 5) is 17.4. The van der Waals surface area contributed by atoms with E-state index in [-0.39, 0.29) is 5.91 Å². The van der Waals surface area contributed by atoms with Crippen LogP contribution in [-0.4, -0.2) is 35.7 Å². The molecule has 0 fully saturated rings. The van der Waals surface area contributed by atoms with Crippen molar-refractivity contribution in [1.82, 2.24) is 14.8 Å². The highest BCUT2D eigenvalue weighted by Crippen LogP contribution is 2.26. The molecule has 1 amide bonds. The fraction of sp³-hybridized carbons (Fsp3) is 0.188. The second-order valence-corrected chi connectivity index (χ2v) is 5.79. The number of fused-ring (bicyclic) bond motifs is 1. The first-order valence-corrected chi connectivity index (χ1v) is 7.99. The predicted molar refractivity (Wildman–Crippen MR) is 92.4 cm³/mol. The van der Waals surface area contributed by atoms with Crippen LogP contribution in [0.25, 0.3) is 4.96 Å². The van der Waals surface area contributed by atoms with Crippen LogP contribution in [0.4, 0.5) is 0 Å². The third-order valence-corrected chi connectivity index (χ3v) is 4.20. The molecule has 1 N–H and O–H groups in total. The first kappa shape index (κ1) is 16.0. The first-order valence-electron chi connectivity index (χ1n) is 7.11. The number of hydrogen-bond acceptors (Lipinski definition) is 6. The zero-order chi connectivity index (χ0) is 17.1. The van der Waals surface area contributed by atoms with Crippen LogP contribution in [0.15, 0.2) is 34.9 Å². The minimum absolute atomic E-state index is 0.310. The first-order chi connectivity index (χ1) is 11.6. The van der Waals surface area contributed by atoms with E-state index in [2.05, 4.69) is 15.5 Å². The number of benzene rings is 1. The van der Waals surface area contributed by atoms with Gasteiger partial charge in [-0.2, -0.15) is 5.10 Å². The van der Waals surface area contributed by atoms with E-state index in [4.69, 9.17) is 9.47 Å². The van der Waals surface area contributed by atoms with Crippen molar-refractivity contribution in [2.75, 3.05) is 14.2 Å². The van der Waals surface area contributed by atoms with Crippen LogP contribution in [0.5, 0.6) is 11.5 Å². The SMILES string of the molecule is COc1ccc(/C=N\NC(=O)c2c(C)nc3sccn23)cc1OC. The lowest BCUT2D eigenvalue weighted by Crippen LogP contribution is -2.20. The molecule has 0 radical (unpaired) electrons. The summed E-state index contributed by atoms with van der Waals surface area (Å²) in [5.41, 5.74) is 4.45. The predicted octanol–water partition coefficient (Wildman–Crippen LogP) is 2.49. The van der Waals surface area contributed by atoms with Gasteiger partial charge in [-0.15, -0.1) is 11.3 Å². The van der Waals surface area contributed by atoms with E-state index in [1.54, 1.807) is 43.9 Å². The average molecular weight is 344 g/mol. The monoisotopic (exact) mass is 344 g/mol. The molecule has 24 heavy (non-hydrogen) atoms. The molecule has 0 atom stereocenters. The summed E-state index contributed by atoms with van der Waals surface area (Å²) >= 11 is 1.48. The molecule has 2 heterocycles. The van der Waals surface area contributed by atoms with Gasteiger partial charge in [-0.3, -0.25) is 9.20 Å². The van der Waals surface area contributed by atoms with E-state index >= 15 is 0 Å². The van der Waals surface area contributed by atoms with Crippen LogP contribution in [0, 0.1) is 6.92 Å². The van der Waals surface area contributed by atoms with E-state index < -0.39 is 0 Å². The Morgan fingerprint density at radius 1 is 1.33 bits per heavy atom. The molecule has 0 unspecified atom stereocenters. The minimum atomic E-state index is -0.310. The van der Waals surface area contributed by atoms with E-state index in [9.17, 15) is 4.79 Å². The van der Waals surface area contributed by atoms with Gasteiger partial charge in [0, 0.05) is 11.6 Å². The van der Waals surface area contributed by atoms with Crippen molar-refractivity contribution in [2.24, 2.45) is 5.10 Å². The zero-order valence-corrected chi connectivity index (χ0v) is 14.3. The summed E-state index contributed by atoms with van der Waals surface area (Å²) in [7, 11) is 3.14. The maximum absolute atomic E-state index is 12.3. The van der Waals surface area contributed by atoms with Gasteiger partial charge >= 0.3 is 0 Å². The van der Waals surface area contributed by atoms with E-state index in [1.807, 2.05) is 17.6 Å². The molecular formula is C16H16N4O3S. The summed E-state index contributed by atoms with van der Waals surface area (Å²) < 4.78 is 12.2. The molecule has 2 aromatic heterocycles. The Bertz CT molecular complexity index is 913. The third kappa shape index (κ3) is 2.95. The summed E-state index contributed by atoms with van der Waals surface area (Å²) in [6.45, 7) is 1.80. The summed E-state index contributed by atoms with van der Waals surface area (Å²) in [6, 6.07) is 5.37. The maximum atomic E-state index is 12.3. The number of amides is 1. The molecule has 0 saturated carbocycles. The Hall–Kier alpha value is -2.87. The number of nitrogens with one attached hydrogen (secondary N) is 1. The molecule has 3 rings (SSSR count). The number of thiazole rings is 1. The largest absolute Gasteiger partial charge is 0.493 e. The Labute approximate surface area is 142 Å². The van der Waals surface area contributed by atoms with Crippen molar-refractivity contribution in [1.29, 1.82) is 0 Å². The van der Waals surface area contributed by atoms with E-state index in [0.29, 0.717) is 22.9 Å². The number of imidazole rings is 1. The van der Waals surface area contributed by atoms with Crippen LogP contribution < -0.4 is 14.9 Å². The molecule has 0 bridgehead atoms. The topological polar surface area (TPSA) is 77.2 Å². The van der Waals surface area contributed by atoms with Crippen molar-refractivity contribution in [3.05, 3.63) is 46.7 Å². The lowest BCUT2D eigenvalue weighted by Gasteiger charge is -2.07. The molecule has 124 valence electrons. The van der Waals surface area contributed by atoms with Gasteiger partial charge in [0.1, 0.15) is 5.69 Å². The fourth-order valence-corrected chi connectivity index (χ4v) is 3.08. The standard InChI is InChI=1S/C16H16N4O3S/c1-10-14(20-6-7-24-16(20)18-10)15(21)19-17-9-11-4-5-12(22-2)13(8-11)23-3/h4-9H,1-3H3,(H,19,21)/b17-9-. The molecule has 7 nitrogen and oxygen atoms in total. The van der Waals surface area contributed by atoms with E-state index in [1.165, 1.54) is 11.3 Å². The Kier molecular flexibility index (Phi) is 4.48. The summed E-state index contributed by atoms with van der Waals surface area (Å²) in [5, 5.41) is 5.88. The fourth-order valence-electron chi connectivity index (χ4n) is 2.32. The van der Waals surface area contributed by atoms with Crippen LogP contribution in [0.2, 0.25) is 0 Å². The summed E-state index contributed by atoms with van der Waals surface area (Å²) in [5.74, 6) is 0.919. The minimum Gasteiger partial charge on any atom is -0.493 e. The number of rotatable bonds is 5. The number of hydrazone groups is 1. The Morgan fingerprint density at radius 3 is 2.88 bits per heavy atom. The lowest BCUT2D eigenvalue weighted by molar-refractivity contribution is 0.0948. The van der Waals surface area contributed by atoms with Gasteiger partial charge in [0.15, 0.2) is 16.5 Å². The smallest absolute Gasteiger partial charge is 0.290 e. The molecule has 0 aliphatic rings. The van der Waals surface area contributed by atoms with Gasteiger partial charge < -0.3 is 9.47 Å². The molecule has 3 aromatic rings. The number of methoxy groups -OCH3 is 2. The number of aryl methyl sites for hydroxylation is 1. The second-order valence-electron chi connectivity index (χ2n) is 4.91. The number of carbonyl (C=O) groups is 1. The van der Waals surface area contributed by atoms with Gasteiger partial charge in [-0.05, 0) is 30.7 Å². The highest BCUT2D eigenvalue weighted by Gasteiger charge is 2.16. The third-order valence-electron chi connectivity index (χ3n) is 3.44. The van der Waals surface area contributed by atoms with Crippen molar-refractivity contribution in [3.8, 4) is 11.5 Å². The second kappa shape index (κ2) is 6.71. The summed E-state index contributed by atoms with van der Waals surface area (Å²) in [6.07, 6.45) is 3.36. The molecule has 0 aliphatic heterocycles. The van der Waals surface area contributed by atoms with Gasteiger partial charge in [0.05, 0.1) is 26.1 Å². The van der Waals surface area contributed by atoms with Gasteiger partial charge in [-0.25, -0.2) is 10.4 Å². The van der Waals surface area contributed by atoms with Crippen molar-refractivity contribution in [3.63, 3.8) is 0 Å². The number of carbonyl (C=O) groups excluding carboxylic acids is 1. The molecule has 0 saturated heterocycles. The Morgan fingerprint density at radius 2 is 2.12 bits per heavy atom. The quantitative estimate of drug-likeness (QED) is 0.570. The molecule has 1 aromatic carbocycles. The van der Waals surface area contributed by atoms with Crippen molar-refractivity contribution in [2.45, 2.75) is 6.92 Å². The normalized spacial score (nSPS) is 11.1. The van der Waals surface area contributed by atoms with Crippen LogP contribution in [0.3, 0.4) is 0 Å². The number of ether oxygens (including phenoxy) is 2. The van der Waals surface area contributed by atoms with Crippen molar-refractivity contribution < 1.29 is 14.3 Å². The zero-order valence-electron chi connectivity index (χ0n) is 13.4. The number of aromatic nitrogens is 2. The van der Waals surface area contributed by atoms with Crippen LogP contribution in [0.1, 0.15) is 21.7 Å². The van der Waals surface area contributed by atoms with E-state index in [0.717, 1.165) is 10.5 Å². The molecule has 8 heteroatoms. The number of nitrogens with zero attached hydrogens (tertiary/aromatic N) is 3. The maximum Gasteiger partial charge on any atom is 0.290 e. The Balaban J connectivity index is 1.75. The van der Waals surface area contributed by atoms with Gasteiger partial charge in [-0.1, -0.05) is 0 Å². The average Bonchev–Trinajstić information content (AvgIpc) is 3.14. The molecule has 0 spiro atoms. The van der Waals surface area contributed by atoms with Gasteiger partial charge in [0.2, 0.25) is 0 Å².